The molecule has 1 nitrogen and oxygen atoms in total. The predicted molar refractivity (Wildman–Crippen MR) is 128 cm³/mol. The van der Waals surface area contributed by atoms with E-state index in [-0.39, 0.29) is 0 Å². The molecular formula is C29H46O. The molecule has 3 aliphatic rings. The van der Waals surface area contributed by atoms with Crippen LogP contribution in [0.5, 0.6) is 0 Å². The summed E-state index contributed by atoms with van der Waals surface area (Å²) in [6.07, 6.45) is 19.8. The van der Waals surface area contributed by atoms with Crippen LogP contribution in [0.4, 0.5) is 0 Å². The third kappa shape index (κ3) is 6.12. The van der Waals surface area contributed by atoms with E-state index in [1.165, 1.54) is 89.9 Å². The fourth-order valence-electron chi connectivity index (χ4n) is 6.56. The highest BCUT2D eigenvalue weighted by molar-refractivity contribution is 5.28. The van der Waals surface area contributed by atoms with E-state index in [4.69, 9.17) is 4.74 Å². The number of ether oxygens (including phenoxy) is 1. The van der Waals surface area contributed by atoms with Gasteiger partial charge in [0.25, 0.3) is 0 Å². The number of hydrogen-bond donors (Lipinski definition) is 0. The van der Waals surface area contributed by atoms with Crippen molar-refractivity contribution < 1.29 is 4.74 Å². The lowest BCUT2D eigenvalue weighted by Crippen LogP contribution is -2.25. The maximum absolute atomic E-state index is 6.41. The smallest absolute Gasteiger partial charge is 0.0575 e. The second kappa shape index (κ2) is 11.2. The van der Waals surface area contributed by atoms with Gasteiger partial charge in [0.15, 0.2) is 0 Å². The molecule has 0 radical (unpaired) electrons. The molecule has 1 aromatic carbocycles. The Labute approximate surface area is 186 Å². The van der Waals surface area contributed by atoms with Crippen LogP contribution in [-0.2, 0) is 4.74 Å². The van der Waals surface area contributed by atoms with Crippen molar-refractivity contribution in [3.63, 3.8) is 0 Å². The highest BCUT2D eigenvalue weighted by atomic mass is 16.5. The molecule has 0 spiro atoms. The molecule has 0 N–H and O–H groups in total. The first-order valence-corrected chi connectivity index (χ1v) is 13.4. The average Bonchev–Trinajstić information content (AvgIpc) is 2.80. The van der Waals surface area contributed by atoms with Crippen molar-refractivity contribution >= 4 is 0 Å². The molecule has 30 heavy (non-hydrogen) atoms. The Hall–Kier alpha value is -0.820. The lowest BCUT2D eigenvalue weighted by molar-refractivity contribution is -0.00479. The van der Waals surface area contributed by atoms with E-state index in [0.717, 1.165) is 36.2 Å². The molecule has 3 aliphatic carbocycles. The Morgan fingerprint density at radius 1 is 0.667 bits per heavy atom. The van der Waals surface area contributed by atoms with Gasteiger partial charge in [0.05, 0.1) is 6.10 Å². The summed E-state index contributed by atoms with van der Waals surface area (Å²) < 4.78 is 6.41. The average molecular weight is 411 g/mol. The Balaban J connectivity index is 1.17. The molecule has 0 amide bonds. The summed E-state index contributed by atoms with van der Waals surface area (Å²) in [5.74, 6) is 4.36. The van der Waals surface area contributed by atoms with Crippen molar-refractivity contribution in [2.75, 3.05) is 6.61 Å². The molecule has 3 fully saturated rings. The van der Waals surface area contributed by atoms with Gasteiger partial charge >= 0.3 is 0 Å². The van der Waals surface area contributed by atoms with Gasteiger partial charge in [-0.15, -0.1) is 0 Å². The molecule has 0 heterocycles. The highest BCUT2D eigenvalue weighted by Crippen LogP contribution is 2.38. The number of hydrogen-bond acceptors (Lipinski definition) is 1. The van der Waals surface area contributed by atoms with E-state index in [1.807, 2.05) is 0 Å². The Kier molecular flexibility index (Phi) is 8.33. The van der Waals surface area contributed by atoms with Crippen molar-refractivity contribution in [2.24, 2.45) is 17.8 Å². The molecule has 0 unspecified atom stereocenters. The minimum Gasteiger partial charge on any atom is -0.378 e. The maximum Gasteiger partial charge on any atom is 0.0575 e. The zero-order chi connectivity index (χ0) is 20.8. The lowest BCUT2D eigenvalue weighted by atomic mass is 9.78. The summed E-state index contributed by atoms with van der Waals surface area (Å²) >= 11 is 0. The first-order valence-electron chi connectivity index (χ1n) is 13.4. The van der Waals surface area contributed by atoms with Gasteiger partial charge in [-0.3, -0.25) is 0 Å². The molecule has 0 aliphatic heterocycles. The van der Waals surface area contributed by atoms with Gasteiger partial charge in [0.2, 0.25) is 0 Å². The van der Waals surface area contributed by atoms with Crippen LogP contribution in [0.2, 0.25) is 0 Å². The quantitative estimate of drug-likeness (QED) is 0.437. The lowest BCUT2D eigenvalue weighted by Gasteiger charge is -2.32. The Morgan fingerprint density at radius 2 is 1.17 bits per heavy atom. The maximum atomic E-state index is 6.41. The van der Waals surface area contributed by atoms with Gasteiger partial charge in [-0.25, -0.2) is 0 Å². The minimum atomic E-state index is 0.526. The third-order valence-electron chi connectivity index (χ3n) is 8.80. The Morgan fingerprint density at radius 3 is 1.70 bits per heavy atom. The second-order valence-corrected chi connectivity index (χ2v) is 11.1. The van der Waals surface area contributed by atoms with E-state index in [9.17, 15) is 0 Å². The van der Waals surface area contributed by atoms with Crippen molar-refractivity contribution in [1.82, 2.24) is 0 Å². The molecule has 4 rings (SSSR count). The van der Waals surface area contributed by atoms with Crippen molar-refractivity contribution in [3.05, 3.63) is 35.4 Å². The van der Waals surface area contributed by atoms with Crippen LogP contribution in [0.1, 0.15) is 127 Å². The SMILES string of the molecule is CCCC1CCC(COC2CCC(c3ccc(C4CCC(C)CC4)cc3)CC2)CC1. The molecule has 1 heteroatoms. The van der Waals surface area contributed by atoms with Gasteiger partial charge in [0, 0.05) is 6.61 Å². The fraction of sp³-hybridized carbons (Fsp3) is 0.793. The third-order valence-corrected chi connectivity index (χ3v) is 8.80. The largest absolute Gasteiger partial charge is 0.378 e. The van der Waals surface area contributed by atoms with Crippen LogP contribution in [-0.4, -0.2) is 12.7 Å². The van der Waals surface area contributed by atoms with E-state index in [2.05, 4.69) is 38.1 Å². The minimum absolute atomic E-state index is 0.526. The van der Waals surface area contributed by atoms with Crippen LogP contribution in [0.15, 0.2) is 24.3 Å². The van der Waals surface area contributed by atoms with E-state index < -0.39 is 0 Å². The van der Waals surface area contributed by atoms with Gasteiger partial charge < -0.3 is 4.74 Å². The Bertz CT molecular complexity index is 596. The first-order chi connectivity index (χ1) is 14.7. The molecule has 0 aromatic heterocycles. The summed E-state index contributed by atoms with van der Waals surface area (Å²) in [5, 5.41) is 0. The predicted octanol–water partition coefficient (Wildman–Crippen LogP) is 8.63. The fourth-order valence-corrected chi connectivity index (χ4v) is 6.56. The number of benzene rings is 1. The summed E-state index contributed by atoms with van der Waals surface area (Å²) in [5.41, 5.74) is 3.17. The van der Waals surface area contributed by atoms with Crippen molar-refractivity contribution in [2.45, 2.75) is 122 Å². The van der Waals surface area contributed by atoms with Crippen LogP contribution in [0.25, 0.3) is 0 Å². The standard InChI is InChI=1S/C29H46O/c1-3-4-23-7-9-24(10-8-23)21-30-29-19-17-28(18-20-29)27-15-13-26(14-16-27)25-11-5-22(2)6-12-25/h13-16,22-25,28-29H,3-12,17-21H2,1-2H3. The van der Waals surface area contributed by atoms with E-state index >= 15 is 0 Å². The monoisotopic (exact) mass is 410 g/mol. The molecule has 0 saturated heterocycles. The molecule has 1 aromatic rings. The topological polar surface area (TPSA) is 9.23 Å². The van der Waals surface area contributed by atoms with Gasteiger partial charge in [-0.05, 0) is 92.1 Å². The van der Waals surface area contributed by atoms with Crippen LogP contribution < -0.4 is 0 Å². The summed E-state index contributed by atoms with van der Waals surface area (Å²) in [7, 11) is 0. The molecule has 0 bridgehead atoms. The zero-order valence-corrected chi connectivity index (χ0v) is 19.8. The number of rotatable bonds is 7. The highest BCUT2D eigenvalue weighted by Gasteiger charge is 2.26. The molecular weight excluding hydrogens is 364 g/mol. The van der Waals surface area contributed by atoms with Gasteiger partial charge in [-0.1, -0.05) is 76.6 Å². The van der Waals surface area contributed by atoms with Gasteiger partial charge in [-0.2, -0.15) is 0 Å². The first kappa shape index (κ1) is 22.4. The van der Waals surface area contributed by atoms with Crippen molar-refractivity contribution in [1.29, 1.82) is 0 Å². The zero-order valence-electron chi connectivity index (χ0n) is 19.8. The van der Waals surface area contributed by atoms with Crippen LogP contribution in [0, 0.1) is 17.8 Å². The summed E-state index contributed by atoms with van der Waals surface area (Å²) in [6.45, 7) is 5.78. The van der Waals surface area contributed by atoms with Gasteiger partial charge in [0.1, 0.15) is 0 Å². The normalized spacial score (nSPS) is 35.3. The molecule has 168 valence electrons. The summed E-state index contributed by atoms with van der Waals surface area (Å²) in [4.78, 5) is 0. The van der Waals surface area contributed by atoms with Crippen LogP contribution >= 0.6 is 0 Å². The van der Waals surface area contributed by atoms with E-state index in [0.29, 0.717) is 6.10 Å². The second-order valence-electron chi connectivity index (χ2n) is 11.1. The van der Waals surface area contributed by atoms with Crippen molar-refractivity contribution in [3.8, 4) is 0 Å². The molecule has 3 saturated carbocycles. The van der Waals surface area contributed by atoms with E-state index in [1.54, 1.807) is 11.1 Å². The van der Waals surface area contributed by atoms with Crippen LogP contribution in [0.3, 0.4) is 0 Å². The summed E-state index contributed by atoms with van der Waals surface area (Å²) in [6, 6.07) is 9.81. The molecule has 0 atom stereocenters.